The van der Waals surface area contributed by atoms with Crippen LogP contribution < -0.4 is 0 Å². The van der Waals surface area contributed by atoms with Crippen LogP contribution in [0.1, 0.15) is 23.7 Å². The molecule has 0 spiro atoms. The van der Waals surface area contributed by atoms with Crippen LogP contribution in [0.25, 0.3) is 11.1 Å². The smallest absolute Gasteiger partial charge is 0.0846 e. The highest BCUT2D eigenvalue weighted by Crippen LogP contribution is 2.30. The normalized spacial score (nSPS) is 18.4. The molecule has 18 heavy (non-hydrogen) atoms. The third kappa shape index (κ3) is 2.36. The summed E-state index contributed by atoms with van der Waals surface area (Å²) in [6.07, 6.45) is 1.48. The van der Waals surface area contributed by atoms with E-state index in [1.807, 2.05) is 0 Å². The molecule has 92 valence electrons. The predicted molar refractivity (Wildman–Crippen MR) is 77.8 cm³/mol. The average Bonchev–Trinajstić information content (AvgIpc) is 2.38. The van der Waals surface area contributed by atoms with Gasteiger partial charge in [-0.1, -0.05) is 64.5 Å². The maximum absolute atomic E-state index is 5.49. The Morgan fingerprint density at radius 2 is 1.50 bits per heavy atom. The van der Waals surface area contributed by atoms with E-state index in [4.69, 9.17) is 4.74 Å². The van der Waals surface area contributed by atoms with E-state index in [-0.39, 0.29) is 0 Å². The summed E-state index contributed by atoms with van der Waals surface area (Å²) in [6.45, 7) is 0.903. The highest BCUT2D eigenvalue weighted by Gasteiger charge is 2.19. The van der Waals surface area contributed by atoms with E-state index in [0.29, 0.717) is 6.10 Å². The van der Waals surface area contributed by atoms with Crippen LogP contribution in [0.5, 0.6) is 0 Å². The van der Waals surface area contributed by atoms with Crippen LogP contribution in [-0.4, -0.2) is 6.61 Å². The third-order valence-corrected chi connectivity index (χ3v) is 4.07. The molecule has 1 nitrogen and oxygen atoms in total. The molecule has 2 aromatic carbocycles. The van der Waals surface area contributed by atoms with Gasteiger partial charge in [-0.3, -0.25) is 0 Å². The molecule has 2 aromatic rings. The van der Waals surface area contributed by atoms with Gasteiger partial charge in [0.25, 0.3) is 0 Å². The van der Waals surface area contributed by atoms with Crippen LogP contribution in [-0.2, 0) is 10.1 Å². The Labute approximate surface area is 116 Å². The molecule has 1 saturated heterocycles. The highest BCUT2D eigenvalue weighted by atomic mass is 79.9. The zero-order valence-electron chi connectivity index (χ0n) is 10.1. The zero-order valence-corrected chi connectivity index (χ0v) is 11.7. The minimum absolute atomic E-state index is 0.329. The molecule has 3 rings (SSSR count). The predicted octanol–water partition coefficient (Wildman–Crippen LogP) is 4.71. The van der Waals surface area contributed by atoms with E-state index in [1.165, 1.54) is 22.3 Å². The van der Waals surface area contributed by atoms with Crippen molar-refractivity contribution in [2.45, 2.75) is 17.9 Å². The van der Waals surface area contributed by atoms with E-state index in [1.54, 1.807) is 0 Å². The van der Waals surface area contributed by atoms with Gasteiger partial charge in [0, 0.05) is 11.8 Å². The molecule has 0 bridgehead atoms. The van der Waals surface area contributed by atoms with Crippen molar-refractivity contribution in [2.24, 2.45) is 0 Å². The second-order valence-electron chi connectivity index (χ2n) is 4.60. The van der Waals surface area contributed by atoms with Crippen molar-refractivity contribution in [1.29, 1.82) is 0 Å². The number of alkyl halides is 1. The van der Waals surface area contributed by atoms with E-state index in [2.05, 4.69) is 64.5 Å². The first-order chi connectivity index (χ1) is 8.86. The van der Waals surface area contributed by atoms with E-state index < -0.39 is 0 Å². The second-order valence-corrected chi connectivity index (χ2v) is 5.16. The van der Waals surface area contributed by atoms with Crippen LogP contribution >= 0.6 is 15.9 Å². The minimum Gasteiger partial charge on any atom is -0.373 e. The van der Waals surface area contributed by atoms with Crippen molar-refractivity contribution in [3.63, 3.8) is 0 Å². The van der Waals surface area contributed by atoms with Gasteiger partial charge >= 0.3 is 0 Å². The Hall–Kier alpha value is -1.12. The Balaban J connectivity index is 1.82. The van der Waals surface area contributed by atoms with Crippen LogP contribution in [0, 0.1) is 0 Å². The fourth-order valence-electron chi connectivity index (χ4n) is 2.18. The molecule has 1 aliphatic heterocycles. The molecule has 1 unspecified atom stereocenters. The van der Waals surface area contributed by atoms with E-state index in [0.717, 1.165) is 18.4 Å². The van der Waals surface area contributed by atoms with Gasteiger partial charge < -0.3 is 4.74 Å². The standard InChI is InChI=1S/C16H15BrO/c17-11-12-1-3-13(4-2-12)14-5-7-15(8-6-14)16-9-10-18-16/h1-8,16H,9-11H2. The molecule has 2 heteroatoms. The lowest BCUT2D eigenvalue weighted by atomic mass is 9.98. The quantitative estimate of drug-likeness (QED) is 0.746. The summed E-state index contributed by atoms with van der Waals surface area (Å²) in [5, 5.41) is 0.908. The van der Waals surface area contributed by atoms with Gasteiger partial charge in [-0.2, -0.15) is 0 Å². The summed E-state index contributed by atoms with van der Waals surface area (Å²) in [5.74, 6) is 0. The topological polar surface area (TPSA) is 9.23 Å². The molecule has 1 atom stereocenters. The summed E-state index contributed by atoms with van der Waals surface area (Å²) in [5.41, 5.74) is 5.13. The SMILES string of the molecule is BrCc1ccc(-c2ccc(C3CCO3)cc2)cc1. The first kappa shape index (κ1) is 11.9. The van der Waals surface area contributed by atoms with Gasteiger partial charge in [-0.25, -0.2) is 0 Å². The third-order valence-electron chi connectivity index (χ3n) is 3.42. The number of halogens is 1. The Bertz CT molecular complexity index is 512. The number of hydrogen-bond acceptors (Lipinski definition) is 1. The summed E-state index contributed by atoms with van der Waals surface area (Å²) < 4.78 is 5.49. The number of ether oxygens (including phenoxy) is 1. The van der Waals surface area contributed by atoms with Crippen molar-refractivity contribution in [3.8, 4) is 11.1 Å². The fourth-order valence-corrected chi connectivity index (χ4v) is 2.55. The summed E-state index contributed by atoms with van der Waals surface area (Å²) in [4.78, 5) is 0. The number of hydrogen-bond donors (Lipinski definition) is 0. The summed E-state index contributed by atoms with van der Waals surface area (Å²) in [6, 6.07) is 17.4. The molecular formula is C16H15BrO. The van der Waals surface area contributed by atoms with Crippen LogP contribution in [0.2, 0.25) is 0 Å². The lowest BCUT2D eigenvalue weighted by Crippen LogP contribution is -2.17. The van der Waals surface area contributed by atoms with Gasteiger partial charge in [0.1, 0.15) is 0 Å². The Morgan fingerprint density at radius 1 is 0.944 bits per heavy atom. The van der Waals surface area contributed by atoms with Crippen molar-refractivity contribution < 1.29 is 4.74 Å². The summed E-state index contributed by atoms with van der Waals surface area (Å²) >= 11 is 3.46. The molecule has 0 aliphatic carbocycles. The molecule has 1 aliphatic rings. The fraction of sp³-hybridized carbons (Fsp3) is 0.250. The van der Waals surface area contributed by atoms with Crippen molar-refractivity contribution in [1.82, 2.24) is 0 Å². The van der Waals surface area contributed by atoms with E-state index >= 15 is 0 Å². The first-order valence-corrected chi connectivity index (χ1v) is 7.36. The van der Waals surface area contributed by atoms with Crippen LogP contribution in [0.15, 0.2) is 48.5 Å². The van der Waals surface area contributed by atoms with Crippen LogP contribution in [0.4, 0.5) is 0 Å². The largest absolute Gasteiger partial charge is 0.373 e. The second kappa shape index (κ2) is 5.25. The number of benzene rings is 2. The maximum atomic E-state index is 5.49. The first-order valence-electron chi connectivity index (χ1n) is 6.23. The molecule has 1 fully saturated rings. The number of rotatable bonds is 3. The molecule has 1 heterocycles. The van der Waals surface area contributed by atoms with Gasteiger partial charge in [-0.15, -0.1) is 0 Å². The zero-order chi connectivity index (χ0) is 12.4. The molecule has 0 radical (unpaired) electrons. The average molecular weight is 303 g/mol. The Kier molecular flexibility index (Phi) is 3.48. The lowest BCUT2D eigenvalue weighted by molar-refractivity contribution is -0.0527. The summed E-state index contributed by atoms with van der Waals surface area (Å²) in [7, 11) is 0. The van der Waals surface area contributed by atoms with Crippen LogP contribution in [0.3, 0.4) is 0 Å². The molecule has 0 N–H and O–H groups in total. The molecular weight excluding hydrogens is 288 g/mol. The molecule has 0 aromatic heterocycles. The van der Waals surface area contributed by atoms with Gasteiger partial charge in [0.2, 0.25) is 0 Å². The van der Waals surface area contributed by atoms with Gasteiger partial charge in [0.15, 0.2) is 0 Å². The van der Waals surface area contributed by atoms with E-state index in [9.17, 15) is 0 Å². The molecule has 0 amide bonds. The van der Waals surface area contributed by atoms with Crippen molar-refractivity contribution in [3.05, 3.63) is 59.7 Å². The van der Waals surface area contributed by atoms with Crippen molar-refractivity contribution >= 4 is 15.9 Å². The Morgan fingerprint density at radius 3 is 1.94 bits per heavy atom. The lowest BCUT2D eigenvalue weighted by Gasteiger charge is -2.26. The molecule has 0 saturated carbocycles. The monoisotopic (exact) mass is 302 g/mol. The van der Waals surface area contributed by atoms with Crippen molar-refractivity contribution in [2.75, 3.05) is 6.61 Å². The minimum atomic E-state index is 0.329. The van der Waals surface area contributed by atoms with Gasteiger partial charge in [-0.05, 0) is 22.3 Å². The maximum Gasteiger partial charge on any atom is 0.0846 e. The van der Waals surface area contributed by atoms with Gasteiger partial charge in [0.05, 0.1) is 12.7 Å². The highest BCUT2D eigenvalue weighted by molar-refractivity contribution is 9.08.